The standard InChI is InChI=1S/C30H32N2O4/c1-29(2,3)23-13-9-20(10-14-23)26(33)31-24-15-11-19(12-16-24)21-7-8-22-18-32(27(34)25(22)17-21)30(4,5)28(35)36-6/h7-17H,18H2,1-6H3,(H,31,33). The molecular weight excluding hydrogens is 452 g/mol. The molecule has 0 spiro atoms. The van der Waals surface area contributed by atoms with Gasteiger partial charge >= 0.3 is 5.97 Å². The summed E-state index contributed by atoms with van der Waals surface area (Å²) in [6, 6.07) is 20.9. The first-order chi connectivity index (χ1) is 16.9. The van der Waals surface area contributed by atoms with Crippen LogP contribution in [0.1, 0.15) is 66.5 Å². The molecule has 6 heteroatoms. The second-order valence-electron chi connectivity index (χ2n) is 10.7. The van der Waals surface area contributed by atoms with Crippen LogP contribution in [0.25, 0.3) is 11.1 Å². The van der Waals surface area contributed by atoms with Crippen LogP contribution in [0.5, 0.6) is 0 Å². The van der Waals surface area contributed by atoms with E-state index in [-0.39, 0.29) is 17.2 Å². The maximum Gasteiger partial charge on any atom is 0.331 e. The van der Waals surface area contributed by atoms with Crippen molar-refractivity contribution in [3.63, 3.8) is 0 Å². The molecule has 1 aliphatic rings. The molecule has 6 nitrogen and oxygen atoms in total. The Labute approximate surface area is 212 Å². The highest BCUT2D eigenvalue weighted by Crippen LogP contribution is 2.33. The summed E-state index contributed by atoms with van der Waals surface area (Å²) in [4.78, 5) is 39.5. The topological polar surface area (TPSA) is 75.7 Å². The largest absolute Gasteiger partial charge is 0.467 e. The lowest BCUT2D eigenvalue weighted by Gasteiger charge is -2.32. The number of methoxy groups -OCH3 is 1. The first kappa shape index (κ1) is 25.2. The minimum atomic E-state index is -1.06. The van der Waals surface area contributed by atoms with Crippen LogP contribution in [0.15, 0.2) is 66.7 Å². The second-order valence-corrected chi connectivity index (χ2v) is 10.7. The number of benzene rings is 3. The van der Waals surface area contributed by atoms with E-state index in [1.54, 1.807) is 18.7 Å². The molecule has 0 fully saturated rings. The Balaban J connectivity index is 1.48. The van der Waals surface area contributed by atoms with Crippen LogP contribution in [-0.4, -0.2) is 35.3 Å². The lowest BCUT2D eigenvalue weighted by atomic mass is 9.87. The summed E-state index contributed by atoms with van der Waals surface area (Å²) in [5, 5.41) is 2.94. The number of nitrogens with one attached hydrogen (secondary N) is 1. The van der Waals surface area contributed by atoms with E-state index in [0.717, 1.165) is 16.7 Å². The molecule has 3 aromatic carbocycles. The third-order valence-electron chi connectivity index (χ3n) is 6.76. The molecule has 1 N–H and O–H groups in total. The Hall–Kier alpha value is -3.93. The molecule has 0 saturated carbocycles. The minimum Gasteiger partial charge on any atom is -0.467 e. The van der Waals surface area contributed by atoms with Crippen LogP contribution in [0.2, 0.25) is 0 Å². The number of carbonyl (C=O) groups excluding carboxylic acids is 3. The number of carbonyl (C=O) groups is 3. The third kappa shape index (κ3) is 4.76. The summed E-state index contributed by atoms with van der Waals surface area (Å²) in [6.07, 6.45) is 0. The molecule has 0 radical (unpaired) electrons. The summed E-state index contributed by atoms with van der Waals surface area (Å²) in [7, 11) is 1.32. The van der Waals surface area contributed by atoms with Gasteiger partial charge in [-0.3, -0.25) is 9.59 Å². The number of ether oxygens (including phenoxy) is 1. The van der Waals surface area contributed by atoms with Gasteiger partial charge in [-0.25, -0.2) is 4.79 Å². The number of hydrogen-bond donors (Lipinski definition) is 1. The van der Waals surface area contributed by atoms with E-state index in [0.29, 0.717) is 23.4 Å². The van der Waals surface area contributed by atoms with Crippen molar-refractivity contribution in [1.82, 2.24) is 4.90 Å². The summed E-state index contributed by atoms with van der Waals surface area (Å²) in [5.41, 5.74) is 4.70. The number of amides is 2. The Morgan fingerprint density at radius 2 is 1.47 bits per heavy atom. The molecule has 0 bridgehead atoms. The van der Waals surface area contributed by atoms with Gasteiger partial charge in [0.25, 0.3) is 11.8 Å². The summed E-state index contributed by atoms with van der Waals surface area (Å²) < 4.78 is 4.89. The van der Waals surface area contributed by atoms with Crippen LogP contribution in [0.3, 0.4) is 0 Å². The molecule has 3 aromatic rings. The lowest BCUT2D eigenvalue weighted by Crippen LogP contribution is -2.50. The fraction of sp³-hybridized carbons (Fsp3) is 0.300. The van der Waals surface area contributed by atoms with Crippen molar-refractivity contribution < 1.29 is 19.1 Å². The maximum atomic E-state index is 13.1. The number of hydrogen-bond acceptors (Lipinski definition) is 4. The Morgan fingerprint density at radius 1 is 0.861 bits per heavy atom. The number of fused-ring (bicyclic) bond motifs is 1. The molecule has 1 aliphatic heterocycles. The highest BCUT2D eigenvalue weighted by molar-refractivity contribution is 6.04. The van der Waals surface area contributed by atoms with Crippen LogP contribution < -0.4 is 5.32 Å². The predicted octanol–water partition coefficient (Wildman–Crippen LogP) is 5.81. The van der Waals surface area contributed by atoms with Gasteiger partial charge in [0, 0.05) is 23.4 Å². The van der Waals surface area contributed by atoms with Crippen molar-refractivity contribution in [2.45, 2.75) is 52.1 Å². The Bertz CT molecular complexity index is 1320. The van der Waals surface area contributed by atoms with E-state index in [1.165, 1.54) is 12.7 Å². The van der Waals surface area contributed by atoms with Gasteiger partial charge in [0.1, 0.15) is 5.54 Å². The first-order valence-electron chi connectivity index (χ1n) is 12.0. The zero-order chi connectivity index (χ0) is 26.3. The van der Waals surface area contributed by atoms with Crippen molar-refractivity contribution in [3.05, 3.63) is 89.0 Å². The summed E-state index contributed by atoms with van der Waals surface area (Å²) in [5.74, 6) is -0.810. The molecule has 0 aliphatic carbocycles. The third-order valence-corrected chi connectivity index (χ3v) is 6.76. The van der Waals surface area contributed by atoms with Crippen molar-refractivity contribution in [1.29, 1.82) is 0 Å². The average Bonchev–Trinajstić information content (AvgIpc) is 3.20. The van der Waals surface area contributed by atoms with E-state index in [4.69, 9.17) is 4.74 Å². The zero-order valence-corrected chi connectivity index (χ0v) is 21.6. The highest BCUT2D eigenvalue weighted by Gasteiger charge is 2.43. The maximum absolute atomic E-state index is 13.1. The van der Waals surface area contributed by atoms with Gasteiger partial charge in [-0.15, -0.1) is 0 Å². The fourth-order valence-corrected chi connectivity index (χ4v) is 4.36. The number of rotatable bonds is 5. The second kappa shape index (κ2) is 9.26. The quantitative estimate of drug-likeness (QED) is 0.464. The fourth-order valence-electron chi connectivity index (χ4n) is 4.36. The van der Waals surface area contributed by atoms with Gasteiger partial charge in [-0.2, -0.15) is 0 Å². The molecule has 186 valence electrons. The first-order valence-corrected chi connectivity index (χ1v) is 12.0. The summed E-state index contributed by atoms with van der Waals surface area (Å²) >= 11 is 0. The average molecular weight is 485 g/mol. The Morgan fingerprint density at radius 3 is 2.06 bits per heavy atom. The van der Waals surface area contributed by atoms with Crippen molar-refractivity contribution in [3.8, 4) is 11.1 Å². The summed E-state index contributed by atoms with van der Waals surface area (Å²) in [6.45, 7) is 10.2. The molecule has 0 unspecified atom stereocenters. The monoisotopic (exact) mass is 484 g/mol. The van der Waals surface area contributed by atoms with E-state index in [1.807, 2.05) is 66.7 Å². The van der Waals surface area contributed by atoms with Crippen LogP contribution in [0, 0.1) is 0 Å². The molecule has 1 heterocycles. The van der Waals surface area contributed by atoms with Gasteiger partial charge in [0.05, 0.1) is 7.11 Å². The number of nitrogens with zero attached hydrogens (tertiary/aromatic N) is 1. The van der Waals surface area contributed by atoms with E-state index >= 15 is 0 Å². The van der Waals surface area contributed by atoms with E-state index in [2.05, 4.69) is 26.1 Å². The Kier molecular flexibility index (Phi) is 6.48. The van der Waals surface area contributed by atoms with Crippen molar-refractivity contribution >= 4 is 23.5 Å². The molecular formula is C30H32N2O4. The zero-order valence-electron chi connectivity index (χ0n) is 21.6. The SMILES string of the molecule is COC(=O)C(C)(C)N1Cc2ccc(-c3ccc(NC(=O)c4ccc(C(C)(C)C)cc4)cc3)cc2C1=O. The highest BCUT2D eigenvalue weighted by atomic mass is 16.5. The molecule has 36 heavy (non-hydrogen) atoms. The van der Waals surface area contributed by atoms with Gasteiger partial charge in [-0.05, 0) is 71.8 Å². The lowest BCUT2D eigenvalue weighted by molar-refractivity contribution is -0.151. The molecule has 0 aromatic heterocycles. The molecule has 2 amide bonds. The van der Waals surface area contributed by atoms with Gasteiger partial charge in [0.2, 0.25) is 0 Å². The smallest absolute Gasteiger partial charge is 0.331 e. The predicted molar refractivity (Wildman–Crippen MR) is 141 cm³/mol. The van der Waals surface area contributed by atoms with Crippen LogP contribution >= 0.6 is 0 Å². The number of esters is 1. The minimum absolute atomic E-state index is 0.0306. The van der Waals surface area contributed by atoms with Gasteiger partial charge in [0.15, 0.2) is 0 Å². The molecule has 0 atom stereocenters. The van der Waals surface area contributed by atoms with Crippen LogP contribution in [0.4, 0.5) is 5.69 Å². The van der Waals surface area contributed by atoms with E-state index < -0.39 is 11.5 Å². The molecule has 4 rings (SSSR count). The van der Waals surface area contributed by atoms with Crippen LogP contribution in [-0.2, 0) is 21.5 Å². The normalized spacial score (nSPS) is 13.4. The van der Waals surface area contributed by atoms with Crippen molar-refractivity contribution in [2.24, 2.45) is 0 Å². The van der Waals surface area contributed by atoms with E-state index in [9.17, 15) is 14.4 Å². The van der Waals surface area contributed by atoms with Gasteiger partial charge < -0.3 is 15.0 Å². The van der Waals surface area contributed by atoms with Gasteiger partial charge in [-0.1, -0.05) is 57.2 Å². The molecule has 0 saturated heterocycles. The van der Waals surface area contributed by atoms with Crippen molar-refractivity contribution in [2.75, 3.05) is 12.4 Å². The number of anilines is 1.